The van der Waals surface area contributed by atoms with Crippen molar-refractivity contribution in [2.75, 3.05) is 18.8 Å². The molecule has 2 aliphatic rings. The van der Waals surface area contributed by atoms with Crippen LogP contribution >= 0.6 is 0 Å². The van der Waals surface area contributed by atoms with Gasteiger partial charge < -0.3 is 5.73 Å². The monoisotopic (exact) mass is 295 g/mol. The lowest BCUT2D eigenvalue weighted by Crippen LogP contribution is -2.37. The first-order valence-corrected chi connectivity index (χ1v) is 8.57. The third-order valence-electron chi connectivity index (χ3n) is 4.22. The Kier molecular flexibility index (Phi) is 3.48. The highest BCUT2D eigenvalue weighted by Gasteiger charge is 2.36. The molecule has 3 rings (SSSR count). The molecule has 5 nitrogen and oxygen atoms in total. The molecule has 1 unspecified atom stereocenters. The number of anilines is 1. The first kappa shape index (κ1) is 13.9. The quantitative estimate of drug-likeness (QED) is 0.815. The van der Waals surface area contributed by atoms with Gasteiger partial charge in [0.2, 0.25) is 10.0 Å². The summed E-state index contributed by atoms with van der Waals surface area (Å²) in [5.74, 6) is 0. The Bertz CT molecular complexity index is 611. The first-order chi connectivity index (χ1) is 9.47. The summed E-state index contributed by atoms with van der Waals surface area (Å²) in [5.41, 5.74) is 6.93. The summed E-state index contributed by atoms with van der Waals surface area (Å²) in [6, 6.07) is 5.72. The number of nitrogens with two attached hydrogens (primary N) is 1. The summed E-state index contributed by atoms with van der Waals surface area (Å²) < 4.78 is 27.8. The molecule has 1 saturated carbocycles. The van der Waals surface area contributed by atoms with Gasteiger partial charge in [-0.05, 0) is 43.9 Å². The van der Waals surface area contributed by atoms with Gasteiger partial charge in [0, 0.05) is 30.9 Å². The summed E-state index contributed by atoms with van der Waals surface area (Å²) >= 11 is 0. The zero-order chi connectivity index (χ0) is 14.3. The number of benzene rings is 1. The number of nitrogen functional groups attached to an aromatic ring is 1. The van der Waals surface area contributed by atoms with Gasteiger partial charge in [0.1, 0.15) is 0 Å². The Balaban J connectivity index is 1.74. The molecule has 1 aliphatic heterocycles. The van der Waals surface area contributed by atoms with E-state index >= 15 is 0 Å². The van der Waals surface area contributed by atoms with Gasteiger partial charge in [-0.25, -0.2) is 13.1 Å². The van der Waals surface area contributed by atoms with Crippen molar-refractivity contribution in [1.82, 2.24) is 9.62 Å². The summed E-state index contributed by atoms with van der Waals surface area (Å²) in [5, 5.41) is 0. The zero-order valence-corrected chi connectivity index (χ0v) is 12.5. The van der Waals surface area contributed by atoms with Crippen LogP contribution in [-0.2, 0) is 10.0 Å². The SMILES string of the molecule is Cc1c(N)cccc1S(=O)(=O)NC1CCN(C2CC2)C1. The molecule has 20 heavy (non-hydrogen) atoms. The van der Waals surface area contributed by atoms with E-state index in [1.54, 1.807) is 25.1 Å². The van der Waals surface area contributed by atoms with Crippen molar-refractivity contribution >= 4 is 15.7 Å². The molecule has 1 aliphatic carbocycles. The molecule has 0 aromatic heterocycles. The molecule has 2 fully saturated rings. The largest absolute Gasteiger partial charge is 0.398 e. The smallest absolute Gasteiger partial charge is 0.241 e. The molecule has 1 saturated heterocycles. The molecule has 6 heteroatoms. The highest BCUT2D eigenvalue weighted by atomic mass is 32.2. The number of rotatable bonds is 4. The summed E-state index contributed by atoms with van der Waals surface area (Å²) in [7, 11) is -3.48. The fourth-order valence-corrected chi connectivity index (χ4v) is 4.40. The Hall–Kier alpha value is -1.11. The van der Waals surface area contributed by atoms with Crippen LogP contribution in [-0.4, -0.2) is 38.5 Å². The van der Waals surface area contributed by atoms with Gasteiger partial charge in [-0.15, -0.1) is 0 Å². The molecule has 1 aromatic carbocycles. The van der Waals surface area contributed by atoms with E-state index in [-0.39, 0.29) is 6.04 Å². The second-order valence-corrected chi connectivity index (χ2v) is 7.49. The van der Waals surface area contributed by atoms with Crippen LogP contribution in [0.15, 0.2) is 23.1 Å². The zero-order valence-electron chi connectivity index (χ0n) is 11.7. The Morgan fingerprint density at radius 3 is 2.75 bits per heavy atom. The third kappa shape index (κ3) is 2.68. The Morgan fingerprint density at radius 2 is 2.05 bits per heavy atom. The molecule has 0 amide bonds. The number of hydrogen-bond acceptors (Lipinski definition) is 4. The molecular formula is C14H21N3O2S. The summed E-state index contributed by atoms with van der Waals surface area (Å²) in [4.78, 5) is 2.68. The molecule has 0 radical (unpaired) electrons. The fraction of sp³-hybridized carbons (Fsp3) is 0.571. The van der Waals surface area contributed by atoms with Gasteiger partial charge in [-0.2, -0.15) is 0 Å². The van der Waals surface area contributed by atoms with Crippen molar-refractivity contribution < 1.29 is 8.42 Å². The predicted molar refractivity (Wildman–Crippen MR) is 78.9 cm³/mol. The molecule has 110 valence electrons. The maximum Gasteiger partial charge on any atom is 0.241 e. The van der Waals surface area contributed by atoms with Crippen LogP contribution in [0.3, 0.4) is 0 Å². The van der Waals surface area contributed by atoms with Crippen molar-refractivity contribution in [2.24, 2.45) is 0 Å². The van der Waals surface area contributed by atoms with Crippen molar-refractivity contribution in [2.45, 2.75) is 43.2 Å². The summed E-state index contributed by atoms with van der Waals surface area (Å²) in [6.07, 6.45) is 3.40. The molecule has 1 aromatic rings. The molecule has 1 atom stereocenters. The second-order valence-electron chi connectivity index (χ2n) is 5.80. The normalized spacial score (nSPS) is 24.1. The van der Waals surface area contributed by atoms with Crippen molar-refractivity contribution in [3.63, 3.8) is 0 Å². The summed E-state index contributed by atoms with van der Waals surface area (Å²) in [6.45, 7) is 3.56. The van der Waals surface area contributed by atoms with E-state index in [4.69, 9.17) is 5.73 Å². The van der Waals surface area contributed by atoms with E-state index in [1.165, 1.54) is 12.8 Å². The van der Waals surface area contributed by atoms with Crippen LogP contribution in [0.1, 0.15) is 24.8 Å². The van der Waals surface area contributed by atoms with E-state index in [0.717, 1.165) is 19.5 Å². The van der Waals surface area contributed by atoms with E-state index in [0.29, 0.717) is 22.2 Å². The lowest BCUT2D eigenvalue weighted by atomic mass is 10.2. The molecule has 0 spiro atoms. The minimum absolute atomic E-state index is 0.0152. The minimum atomic E-state index is -3.48. The minimum Gasteiger partial charge on any atom is -0.398 e. The van der Waals surface area contributed by atoms with Crippen LogP contribution < -0.4 is 10.5 Å². The van der Waals surface area contributed by atoms with Crippen molar-refractivity contribution in [3.8, 4) is 0 Å². The first-order valence-electron chi connectivity index (χ1n) is 7.09. The maximum atomic E-state index is 12.5. The van der Waals surface area contributed by atoms with Gasteiger partial charge in [0.05, 0.1) is 4.90 Å². The van der Waals surface area contributed by atoms with E-state index in [1.807, 2.05) is 0 Å². The third-order valence-corrected chi connectivity index (χ3v) is 5.89. The average Bonchev–Trinajstić information content (AvgIpc) is 3.14. The number of hydrogen-bond donors (Lipinski definition) is 2. The van der Waals surface area contributed by atoms with Crippen LogP contribution in [0.2, 0.25) is 0 Å². The lowest BCUT2D eigenvalue weighted by Gasteiger charge is -2.17. The lowest BCUT2D eigenvalue weighted by molar-refractivity contribution is 0.322. The van der Waals surface area contributed by atoms with Crippen molar-refractivity contribution in [1.29, 1.82) is 0 Å². The van der Waals surface area contributed by atoms with Crippen LogP contribution in [0.5, 0.6) is 0 Å². The van der Waals surface area contributed by atoms with Gasteiger partial charge in [0.15, 0.2) is 0 Å². The fourth-order valence-electron chi connectivity index (χ4n) is 2.86. The van der Waals surface area contributed by atoms with Crippen LogP contribution in [0.4, 0.5) is 5.69 Å². The van der Waals surface area contributed by atoms with Gasteiger partial charge in [0.25, 0.3) is 0 Å². The Labute approximate surface area is 120 Å². The number of sulfonamides is 1. The van der Waals surface area contributed by atoms with E-state index in [9.17, 15) is 8.42 Å². The topological polar surface area (TPSA) is 75.4 Å². The molecule has 0 bridgehead atoms. The highest BCUT2D eigenvalue weighted by molar-refractivity contribution is 7.89. The number of nitrogens with zero attached hydrogens (tertiary/aromatic N) is 1. The molecule has 1 heterocycles. The predicted octanol–water partition coefficient (Wildman–Crippen LogP) is 1.09. The molecular weight excluding hydrogens is 274 g/mol. The standard InChI is InChI=1S/C14H21N3O2S/c1-10-13(15)3-2-4-14(10)20(18,19)16-11-7-8-17(9-11)12-5-6-12/h2-4,11-12,16H,5-9,15H2,1H3. The number of likely N-dealkylation sites (tertiary alicyclic amines) is 1. The van der Waals surface area contributed by atoms with Crippen molar-refractivity contribution in [3.05, 3.63) is 23.8 Å². The van der Waals surface area contributed by atoms with E-state index < -0.39 is 10.0 Å². The van der Waals surface area contributed by atoms with Crippen LogP contribution in [0.25, 0.3) is 0 Å². The van der Waals surface area contributed by atoms with Crippen LogP contribution in [0, 0.1) is 6.92 Å². The molecule has 3 N–H and O–H groups in total. The Morgan fingerprint density at radius 1 is 1.30 bits per heavy atom. The van der Waals surface area contributed by atoms with Gasteiger partial charge in [-0.1, -0.05) is 6.07 Å². The highest BCUT2D eigenvalue weighted by Crippen LogP contribution is 2.30. The second kappa shape index (κ2) is 5.02. The van der Waals surface area contributed by atoms with Gasteiger partial charge >= 0.3 is 0 Å². The van der Waals surface area contributed by atoms with E-state index in [2.05, 4.69) is 9.62 Å². The maximum absolute atomic E-state index is 12.5. The number of nitrogens with one attached hydrogen (secondary N) is 1. The average molecular weight is 295 g/mol. The van der Waals surface area contributed by atoms with Gasteiger partial charge in [-0.3, -0.25) is 4.90 Å².